The summed E-state index contributed by atoms with van der Waals surface area (Å²) in [6, 6.07) is 6.22. The summed E-state index contributed by atoms with van der Waals surface area (Å²) >= 11 is 0. The fourth-order valence-corrected chi connectivity index (χ4v) is 3.39. The second kappa shape index (κ2) is 9.43. The number of hydrogen-bond donors (Lipinski definition) is 1. The molecule has 0 bridgehead atoms. The van der Waals surface area contributed by atoms with E-state index in [1.54, 1.807) is 19.2 Å². The number of piperazine rings is 1. The lowest BCUT2D eigenvalue weighted by atomic mass is 10.3. The number of carbonyl (C=O) groups is 2. The number of alkyl halides is 3. The number of rotatable bonds is 7. The monoisotopic (exact) mass is 427 g/mol. The van der Waals surface area contributed by atoms with E-state index in [-0.39, 0.29) is 23.5 Å². The van der Waals surface area contributed by atoms with Crippen LogP contribution in [0.1, 0.15) is 5.82 Å². The molecule has 1 saturated heterocycles. The van der Waals surface area contributed by atoms with Crippen molar-refractivity contribution in [2.24, 2.45) is 0 Å². The maximum atomic E-state index is 13.4. The Hall–Kier alpha value is -2.66. The summed E-state index contributed by atoms with van der Waals surface area (Å²) in [5.41, 5.74) is 0.464. The van der Waals surface area contributed by atoms with E-state index < -0.39 is 24.5 Å². The number of imidazole rings is 1. The van der Waals surface area contributed by atoms with Gasteiger partial charge in [0, 0.05) is 39.8 Å². The van der Waals surface area contributed by atoms with E-state index in [0.29, 0.717) is 39.3 Å². The van der Waals surface area contributed by atoms with Gasteiger partial charge in [0.1, 0.15) is 6.54 Å². The number of carbonyl (C=O) groups excluding carboxylic acids is 2. The molecule has 2 amide bonds. The molecule has 1 N–H and O–H groups in total. The van der Waals surface area contributed by atoms with Crippen molar-refractivity contribution in [1.29, 1.82) is 0 Å². The lowest BCUT2D eigenvalue weighted by Crippen LogP contribution is -2.52. The highest BCUT2D eigenvalue weighted by molar-refractivity contribution is 5.81. The Bertz CT molecular complexity index is 891. The van der Waals surface area contributed by atoms with Crippen molar-refractivity contribution in [2.45, 2.75) is 12.7 Å². The molecule has 0 spiro atoms. The van der Waals surface area contributed by atoms with E-state index in [1.165, 1.54) is 17.0 Å². The molecule has 30 heavy (non-hydrogen) atoms. The molecular formula is C19H24F3N5O3. The summed E-state index contributed by atoms with van der Waals surface area (Å²) in [5.74, 6) is -1.62. The highest BCUT2D eigenvalue weighted by atomic mass is 19.4. The molecule has 0 aliphatic carbocycles. The highest BCUT2D eigenvalue weighted by Gasteiger charge is 2.38. The zero-order valence-corrected chi connectivity index (χ0v) is 16.6. The van der Waals surface area contributed by atoms with Crippen LogP contribution in [-0.2, 0) is 27.0 Å². The topological polar surface area (TPSA) is 79.7 Å². The average molecular weight is 427 g/mol. The van der Waals surface area contributed by atoms with Crippen molar-refractivity contribution in [3.63, 3.8) is 0 Å². The molecule has 1 aromatic carbocycles. The molecule has 164 valence electrons. The quantitative estimate of drug-likeness (QED) is 0.666. The van der Waals surface area contributed by atoms with Gasteiger partial charge < -0.3 is 19.5 Å². The van der Waals surface area contributed by atoms with Crippen LogP contribution in [0.2, 0.25) is 0 Å². The first-order valence-corrected chi connectivity index (χ1v) is 9.58. The molecule has 0 unspecified atom stereocenters. The molecule has 0 saturated carbocycles. The summed E-state index contributed by atoms with van der Waals surface area (Å²) in [4.78, 5) is 31.6. The van der Waals surface area contributed by atoms with Gasteiger partial charge in [-0.1, -0.05) is 12.1 Å². The Kier molecular flexibility index (Phi) is 6.93. The summed E-state index contributed by atoms with van der Waals surface area (Å²) in [5, 5.41) is 2.73. The van der Waals surface area contributed by atoms with Gasteiger partial charge in [0.05, 0.1) is 24.2 Å². The Morgan fingerprint density at radius 1 is 1.13 bits per heavy atom. The van der Waals surface area contributed by atoms with Gasteiger partial charge in [-0.25, -0.2) is 4.98 Å². The number of aromatic nitrogens is 2. The van der Waals surface area contributed by atoms with Gasteiger partial charge in [-0.2, -0.15) is 13.2 Å². The number of halogens is 3. The predicted octanol–water partition coefficient (Wildman–Crippen LogP) is 0.962. The number of nitrogens with one attached hydrogen (secondary N) is 1. The standard InChI is InChI=1S/C19H24F3N5O3/c1-30-11-6-23-16(28)12-25-7-9-26(10-8-25)17(29)13-27-15-5-3-2-4-14(15)24-18(27)19(20,21)22/h2-5H,6-13H2,1H3,(H,23,28). The van der Waals surface area contributed by atoms with Crippen molar-refractivity contribution in [3.05, 3.63) is 30.1 Å². The second-order valence-corrected chi connectivity index (χ2v) is 7.01. The minimum absolute atomic E-state index is 0.133. The van der Waals surface area contributed by atoms with Gasteiger partial charge in [0.25, 0.3) is 0 Å². The van der Waals surface area contributed by atoms with E-state index in [0.717, 1.165) is 4.57 Å². The molecule has 0 radical (unpaired) electrons. The van der Waals surface area contributed by atoms with E-state index in [9.17, 15) is 22.8 Å². The minimum Gasteiger partial charge on any atom is -0.383 e. The zero-order chi connectivity index (χ0) is 21.7. The smallest absolute Gasteiger partial charge is 0.383 e. The lowest BCUT2D eigenvalue weighted by molar-refractivity contribution is -0.148. The third-order valence-electron chi connectivity index (χ3n) is 4.92. The van der Waals surface area contributed by atoms with Crippen LogP contribution in [0.3, 0.4) is 0 Å². The summed E-state index contributed by atoms with van der Waals surface area (Å²) in [7, 11) is 1.55. The van der Waals surface area contributed by atoms with E-state index >= 15 is 0 Å². The number of fused-ring (bicyclic) bond motifs is 1. The van der Waals surface area contributed by atoms with E-state index in [4.69, 9.17) is 4.74 Å². The first-order valence-electron chi connectivity index (χ1n) is 9.58. The summed E-state index contributed by atoms with van der Waals surface area (Å²) in [6.07, 6.45) is -4.66. The van der Waals surface area contributed by atoms with Gasteiger partial charge >= 0.3 is 6.18 Å². The SMILES string of the molecule is COCCNC(=O)CN1CCN(C(=O)Cn2c(C(F)(F)F)nc3ccccc32)CC1. The normalized spacial score (nSPS) is 15.5. The van der Waals surface area contributed by atoms with Crippen LogP contribution < -0.4 is 5.32 Å². The van der Waals surface area contributed by atoms with Gasteiger partial charge in [-0.05, 0) is 12.1 Å². The molecule has 3 rings (SSSR count). The lowest BCUT2D eigenvalue weighted by Gasteiger charge is -2.34. The number of hydrogen-bond acceptors (Lipinski definition) is 5. The Balaban J connectivity index is 1.60. The Labute approximate surface area is 171 Å². The first kappa shape index (κ1) is 22.0. The van der Waals surface area contributed by atoms with Gasteiger partial charge in [-0.3, -0.25) is 14.5 Å². The van der Waals surface area contributed by atoms with Crippen molar-refractivity contribution >= 4 is 22.8 Å². The first-order chi connectivity index (χ1) is 14.3. The van der Waals surface area contributed by atoms with Crippen molar-refractivity contribution in [2.75, 3.05) is 53.0 Å². The minimum atomic E-state index is -4.66. The molecule has 1 fully saturated rings. The molecular weight excluding hydrogens is 403 g/mol. The molecule has 11 heteroatoms. The maximum absolute atomic E-state index is 13.4. The van der Waals surface area contributed by atoms with Crippen LogP contribution in [0.15, 0.2) is 24.3 Å². The number of nitrogens with zero attached hydrogens (tertiary/aromatic N) is 4. The van der Waals surface area contributed by atoms with E-state index in [2.05, 4.69) is 10.3 Å². The fourth-order valence-electron chi connectivity index (χ4n) is 3.39. The van der Waals surface area contributed by atoms with Crippen LogP contribution in [0.4, 0.5) is 13.2 Å². The average Bonchev–Trinajstić information content (AvgIpc) is 3.08. The van der Waals surface area contributed by atoms with Crippen molar-refractivity contribution in [3.8, 4) is 0 Å². The third kappa shape index (κ3) is 5.28. The number of amides is 2. The largest absolute Gasteiger partial charge is 0.449 e. The fraction of sp³-hybridized carbons (Fsp3) is 0.526. The van der Waals surface area contributed by atoms with Crippen LogP contribution in [0, 0.1) is 0 Å². The predicted molar refractivity (Wildman–Crippen MR) is 103 cm³/mol. The molecule has 8 nitrogen and oxygen atoms in total. The zero-order valence-electron chi connectivity index (χ0n) is 16.6. The molecule has 0 atom stereocenters. The summed E-state index contributed by atoms with van der Waals surface area (Å²) in [6.45, 7) is 2.25. The van der Waals surface area contributed by atoms with Crippen LogP contribution in [0.25, 0.3) is 11.0 Å². The van der Waals surface area contributed by atoms with Gasteiger partial charge in [0.2, 0.25) is 17.6 Å². The second-order valence-electron chi connectivity index (χ2n) is 7.01. The Morgan fingerprint density at radius 2 is 1.83 bits per heavy atom. The van der Waals surface area contributed by atoms with Crippen LogP contribution >= 0.6 is 0 Å². The number of ether oxygens (including phenoxy) is 1. The third-order valence-corrected chi connectivity index (χ3v) is 4.92. The highest BCUT2D eigenvalue weighted by Crippen LogP contribution is 2.31. The van der Waals surface area contributed by atoms with Crippen LogP contribution in [0.5, 0.6) is 0 Å². The van der Waals surface area contributed by atoms with Crippen molar-refractivity contribution in [1.82, 2.24) is 24.7 Å². The van der Waals surface area contributed by atoms with Crippen molar-refractivity contribution < 1.29 is 27.5 Å². The number of benzene rings is 1. The molecule has 2 aromatic rings. The number of methoxy groups -OCH3 is 1. The molecule has 1 aromatic heterocycles. The molecule has 1 aliphatic heterocycles. The molecule has 2 heterocycles. The Morgan fingerprint density at radius 3 is 2.50 bits per heavy atom. The summed E-state index contributed by atoms with van der Waals surface area (Å²) < 4.78 is 46.0. The van der Waals surface area contributed by atoms with E-state index in [1.807, 2.05) is 4.90 Å². The number of para-hydroxylation sites is 2. The van der Waals surface area contributed by atoms with Crippen LogP contribution in [-0.4, -0.2) is 84.2 Å². The maximum Gasteiger partial charge on any atom is 0.449 e. The molecule has 1 aliphatic rings. The van der Waals surface area contributed by atoms with Gasteiger partial charge in [0.15, 0.2) is 0 Å². The van der Waals surface area contributed by atoms with Gasteiger partial charge in [-0.15, -0.1) is 0 Å².